The maximum absolute atomic E-state index is 13.0. The molecule has 0 saturated carbocycles. The second-order valence-electron chi connectivity index (χ2n) is 25.9. The second kappa shape index (κ2) is 65.8. The van der Waals surface area contributed by atoms with Gasteiger partial charge in [-0.15, -0.1) is 0 Å². The van der Waals surface area contributed by atoms with Gasteiger partial charge in [0.2, 0.25) is 0 Å². The molecular weight excluding hydrogens is 1210 g/mol. The van der Waals surface area contributed by atoms with Gasteiger partial charge in [0.1, 0.15) is 19.3 Å². The molecule has 0 aliphatic rings. The Morgan fingerprint density at radius 3 is 0.924 bits per heavy atom. The zero-order valence-electron chi connectivity index (χ0n) is 59.2. The van der Waals surface area contributed by atoms with Crippen LogP contribution in [0.15, 0.2) is 24.3 Å². The summed E-state index contributed by atoms with van der Waals surface area (Å²) in [5.41, 5.74) is 0. The summed E-state index contributed by atoms with van der Waals surface area (Å²) < 4.78 is 68.3. The largest absolute Gasteiger partial charge is 0.472 e. The van der Waals surface area contributed by atoms with E-state index >= 15 is 0 Å². The quantitative estimate of drug-likeness (QED) is 0.0169. The number of rotatable bonds is 71. The number of hydrogen-bond donors (Lipinski definition) is 3. The highest BCUT2D eigenvalue weighted by molar-refractivity contribution is 7.47. The van der Waals surface area contributed by atoms with E-state index in [0.717, 1.165) is 115 Å². The molecule has 6 atom stereocenters. The third-order valence-corrected chi connectivity index (χ3v) is 18.7. The van der Waals surface area contributed by atoms with Crippen molar-refractivity contribution in [2.75, 3.05) is 39.6 Å². The van der Waals surface area contributed by atoms with Crippen molar-refractivity contribution in [1.29, 1.82) is 0 Å². The highest BCUT2D eigenvalue weighted by Crippen LogP contribution is 2.45. The van der Waals surface area contributed by atoms with Crippen LogP contribution in [0.5, 0.6) is 0 Å². The molecule has 92 heavy (non-hydrogen) atoms. The van der Waals surface area contributed by atoms with Crippen LogP contribution in [-0.2, 0) is 65.4 Å². The molecule has 0 rings (SSSR count). The summed E-state index contributed by atoms with van der Waals surface area (Å²) in [6, 6.07) is 0. The topological polar surface area (TPSA) is 237 Å². The lowest BCUT2D eigenvalue weighted by Crippen LogP contribution is -2.30. The summed E-state index contributed by atoms with van der Waals surface area (Å²) in [7, 11) is -9.91. The zero-order valence-corrected chi connectivity index (χ0v) is 61.0. The van der Waals surface area contributed by atoms with Crippen LogP contribution in [0.25, 0.3) is 0 Å². The minimum atomic E-state index is -4.96. The maximum atomic E-state index is 13.0. The van der Waals surface area contributed by atoms with Gasteiger partial charge in [0, 0.05) is 25.7 Å². The normalized spacial score (nSPS) is 14.5. The molecule has 0 spiro atoms. The molecular formula is C73H138O17P2. The Balaban J connectivity index is 5.28. The van der Waals surface area contributed by atoms with E-state index in [1.807, 2.05) is 0 Å². The number of ether oxygens (including phenoxy) is 4. The van der Waals surface area contributed by atoms with Crippen molar-refractivity contribution in [3.63, 3.8) is 0 Å². The molecule has 542 valence electrons. The van der Waals surface area contributed by atoms with Crippen molar-refractivity contribution in [2.24, 2.45) is 5.92 Å². The standard InChI is InChI=1S/C73H138O17P2/c1-6-10-13-16-19-22-24-26-28-30-32-34-37-43-48-53-58-72(77)89-68(63-84-71(76)57-52-47-42-36-33-31-29-27-25-23-20-17-14-11-7-2)64-87-91(79,80)85-60-67(74)61-86-92(81,82)88-65-69(62-83-70(75)56-51-46-41-35-21-18-15-12-8-3)90-73(78)59-54-49-44-39-38-40-45-50-55-66(5)9-4/h23,25,27,29,66-69,74H,6-22,24,26,28,30-65H2,1-5H3,(H,79,80)(H,81,82)/b25-23-,29-27-/t66?,67-,68-,69-/m1/s1. The van der Waals surface area contributed by atoms with Gasteiger partial charge in [0.05, 0.1) is 26.4 Å². The van der Waals surface area contributed by atoms with Gasteiger partial charge in [0.15, 0.2) is 12.2 Å². The number of phosphoric acid groups is 2. The highest BCUT2D eigenvalue weighted by Gasteiger charge is 2.30. The Bertz CT molecular complexity index is 1870. The molecule has 17 nitrogen and oxygen atoms in total. The van der Waals surface area contributed by atoms with Crippen LogP contribution >= 0.6 is 15.6 Å². The molecule has 0 radical (unpaired) electrons. The van der Waals surface area contributed by atoms with Gasteiger partial charge in [-0.2, -0.15) is 0 Å². The Morgan fingerprint density at radius 1 is 0.348 bits per heavy atom. The number of hydrogen-bond acceptors (Lipinski definition) is 15. The van der Waals surface area contributed by atoms with Crippen LogP contribution in [0.3, 0.4) is 0 Å². The molecule has 3 N–H and O–H groups in total. The summed E-state index contributed by atoms with van der Waals surface area (Å²) >= 11 is 0. The number of aliphatic hydroxyl groups is 1. The van der Waals surface area contributed by atoms with Gasteiger partial charge in [-0.3, -0.25) is 37.3 Å². The number of carbonyl (C=O) groups is 4. The Hall–Kier alpha value is -2.46. The van der Waals surface area contributed by atoms with Crippen LogP contribution < -0.4 is 0 Å². The van der Waals surface area contributed by atoms with Crippen LogP contribution in [-0.4, -0.2) is 96.7 Å². The molecule has 3 unspecified atom stereocenters. The lowest BCUT2D eigenvalue weighted by Gasteiger charge is -2.21. The van der Waals surface area contributed by atoms with E-state index in [1.54, 1.807) is 0 Å². The van der Waals surface area contributed by atoms with E-state index in [1.165, 1.54) is 161 Å². The SMILES string of the molecule is CCCCCC/C=C\C=C/CCCCCCCC(=O)OC[C@H](COP(=O)(O)OC[C@@H](O)COP(=O)(O)OC[C@@H](COC(=O)CCCCCCCCCCC)OC(=O)CCCCCCCCCCC(C)CC)OC(=O)CCCCCCCCCCCCCCCCCC. The average molecular weight is 1350 g/mol. The number of allylic oxidation sites excluding steroid dienone is 4. The monoisotopic (exact) mass is 1350 g/mol. The number of unbranched alkanes of at least 4 members (excludes halogenated alkanes) is 39. The van der Waals surface area contributed by atoms with E-state index in [9.17, 15) is 43.2 Å². The predicted molar refractivity (Wildman–Crippen MR) is 372 cm³/mol. The molecule has 0 saturated heterocycles. The van der Waals surface area contributed by atoms with Crippen molar-refractivity contribution in [3.05, 3.63) is 24.3 Å². The molecule has 0 aliphatic carbocycles. The molecule has 0 aromatic heterocycles. The molecule has 0 amide bonds. The predicted octanol–water partition coefficient (Wildman–Crippen LogP) is 20.9. The van der Waals surface area contributed by atoms with Crippen LogP contribution in [0.1, 0.15) is 356 Å². The Morgan fingerprint density at radius 2 is 0.609 bits per heavy atom. The smallest absolute Gasteiger partial charge is 0.462 e. The van der Waals surface area contributed by atoms with Crippen LogP contribution in [0, 0.1) is 5.92 Å². The average Bonchev–Trinajstić information content (AvgIpc) is 2.26. The van der Waals surface area contributed by atoms with E-state index in [4.69, 9.17) is 37.0 Å². The minimum absolute atomic E-state index is 0.101. The minimum Gasteiger partial charge on any atom is -0.462 e. The summed E-state index contributed by atoms with van der Waals surface area (Å²) in [6.07, 6.45) is 56.2. The molecule has 0 aromatic carbocycles. The molecule has 0 fully saturated rings. The first kappa shape index (κ1) is 89.5. The Kier molecular flexibility index (Phi) is 64.0. The number of aliphatic hydroxyl groups excluding tert-OH is 1. The highest BCUT2D eigenvalue weighted by atomic mass is 31.2. The van der Waals surface area contributed by atoms with Gasteiger partial charge >= 0.3 is 39.5 Å². The number of esters is 4. The van der Waals surface area contributed by atoms with Gasteiger partial charge in [-0.1, -0.05) is 303 Å². The lowest BCUT2D eigenvalue weighted by molar-refractivity contribution is -0.161. The van der Waals surface area contributed by atoms with Crippen molar-refractivity contribution < 1.29 is 80.2 Å². The summed E-state index contributed by atoms with van der Waals surface area (Å²) in [6.45, 7) is 7.18. The van der Waals surface area contributed by atoms with Gasteiger partial charge < -0.3 is 33.8 Å². The second-order valence-corrected chi connectivity index (χ2v) is 28.8. The first-order valence-electron chi connectivity index (χ1n) is 37.5. The van der Waals surface area contributed by atoms with Crippen molar-refractivity contribution in [3.8, 4) is 0 Å². The fraction of sp³-hybridized carbons (Fsp3) is 0.890. The fourth-order valence-electron chi connectivity index (χ4n) is 10.6. The fourth-order valence-corrected chi connectivity index (χ4v) is 12.2. The summed E-state index contributed by atoms with van der Waals surface area (Å²) in [4.78, 5) is 72.6. The zero-order chi connectivity index (χ0) is 67.7. The van der Waals surface area contributed by atoms with E-state index in [2.05, 4.69) is 58.9 Å². The number of carbonyl (C=O) groups excluding carboxylic acids is 4. The van der Waals surface area contributed by atoms with Gasteiger partial charge in [-0.05, 0) is 57.3 Å². The Labute approximate surface area is 561 Å². The van der Waals surface area contributed by atoms with Crippen LogP contribution in [0.2, 0.25) is 0 Å². The van der Waals surface area contributed by atoms with Crippen LogP contribution in [0.4, 0.5) is 0 Å². The third kappa shape index (κ3) is 64.9. The first-order valence-corrected chi connectivity index (χ1v) is 40.5. The van der Waals surface area contributed by atoms with E-state index in [0.29, 0.717) is 25.7 Å². The maximum Gasteiger partial charge on any atom is 0.472 e. The van der Waals surface area contributed by atoms with Gasteiger partial charge in [0.25, 0.3) is 0 Å². The third-order valence-electron chi connectivity index (χ3n) is 16.8. The number of phosphoric ester groups is 2. The van der Waals surface area contributed by atoms with E-state index in [-0.39, 0.29) is 25.7 Å². The summed E-state index contributed by atoms with van der Waals surface area (Å²) in [5, 5.41) is 10.6. The van der Waals surface area contributed by atoms with Gasteiger partial charge in [-0.25, -0.2) is 9.13 Å². The van der Waals surface area contributed by atoms with Crippen molar-refractivity contribution in [2.45, 2.75) is 374 Å². The molecule has 0 heterocycles. The molecule has 19 heteroatoms. The van der Waals surface area contributed by atoms with Crippen molar-refractivity contribution >= 4 is 39.5 Å². The summed E-state index contributed by atoms with van der Waals surface area (Å²) in [5.74, 6) is -1.38. The molecule has 0 aliphatic heterocycles. The van der Waals surface area contributed by atoms with Crippen molar-refractivity contribution in [1.82, 2.24) is 0 Å². The molecule has 0 aromatic rings. The lowest BCUT2D eigenvalue weighted by atomic mass is 9.99. The first-order chi connectivity index (χ1) is 44.6. The molecule has 0 bridgehead atoms. The van der Waals surface area contributed by atoms with E-state index < -0.39 is 97.5 Å².